The summed E-state index contributed by atoms with van der Waals surface area (Å²) in [5.41, 5.74) is 3.97. The van der Waals surface area contributed by atoms with Gasteiger partial charge in [-0.2, -0.15) is 0 Å². The van der Waals surface area contributed by atoms with Crippen LogP contribution in [-0.2, 0) is 0 Å². The second-order valence-electron chi connectivity index (χ2n) is 5.80. The molecular formula is C17H27N3O. The first kappa shape index (κ1) is 15.7. The normalized spacial score (nSPS) is 15.2. The van der Waals surface area contributed by atoms with Gasteiger partial charge in [-0.25, -0.2) is 4.79 Å². The van der Waals surface area contributed by atoms with Crippen molar-refractivity contribution in [2.24, 2.45) is 0 Å². The lowest BCUT2D eigenvalue weighted by molar-refractivity contribution is 0.194. The number of hydrogen-bond donors (Lipinski definition) is 1. The largest absolute Gasteiger partial charge is 0.368 e. The Morgan fingerprint density at radius 3 is 2.33 bits per heavy atom. The van der Waals surface area contributed by atoms with Gasteiger partial charge >= 0.3 is 6.03 Å². The van der Waals surface area contributed by atoms with E-state index in [9.17, 15) is 4.79 Å². The summed E-state index contributed by atoms with van der Waals surface area (Å²) >= 11 is 0. The molecule has 2 amide bonds. The zero-order valence-corrected chi connectivity index (χ0v) is 13.5. The van der Waals surface area contributed by atoms with Crippen LogP contribution in [-0.4, -0.2) is 43.7 Å². The Kier molecular flexibility index (Phi) is 5.48. The predicted octanol–water partition coefficient (Wildman–Crippen LogP) is 2.94. The minimum Gasteiger partial charge on any atom is -0.368 e. The lowest BCUT2D eigenvalue weighted by Crippen LogP contribution is -2.52. The maximum absolute atomic E-state index is 12.0. The molecule has 1 heterocycles. The molecule has 4 nitrogen and oxygen atoms in total. The third kappa shape index (κ3) is 3.90. The summed E-state index contributed by atoms with van der Waals surface area (Å²) in [4.78, 5) is 16.4. The van der Waals surface area contributed by atoms with E-state index in [1.807, 2.05) is 4.90 Å². The zero-order chi connectivity index (χ0) is 15.2. The highest BCUT2D eigenvalue weighted by molar-refractivity contribution is 5.74. The lowest BCUT2D eigenvalue weighted by atomic mass is 10.1. The van der Waals surface area contributed by atoms with Crippen LogP contribution in [0.25, 0.3) is 0 Å². The number of aryl methyl sites for hydroxylation is 2. The number of carbonyl (C=O) groups is 1. The molecule has 1 aliphatic rings. The highest BCUT2D eigenvalue weighted by Gasteiger charge is 2.22. The Hall–Kier alpha value is -1.71. The van der Waals surface area contributed by atoms with Crippen molar-refractivity contribution in [2.75, 3.05) is 37.6 Å². The number of nitrogens with one attached hydrogen (secondary N) is 1. The van der Waals surface area contributed by atoms with Gasteiger partial charge in [-0.1, -0.05) is 31.5 Å². The minimum absolute atomic E-state index is 0.0876. The molecule has 1 aromatic carbocycles. The fraction of sp³-hybridized carbons (Fsp3) is 0.588. The van der Waals surface area contributed by atoms with E-state index in [1.54, 1.807) is 0 Å². The molecule has 116 valence electrons. The van der Waals surface area contributed by atoms with Gasteiger partial charge in [0.2, 0.25) is 0 Å². The molecule has 0 saturated carbocycles. The number of carbonyl (C=O) groups excluding carboxylic acids is 1. The van der Waals surface area contributed by atoms with Crippen LogP contribution in [0.3, 0.4) is 0 Å². The number of unbranched alkanes of at least 4 members (excludes halogenated alkanes) is 1. The summed E-state index contributed by atoms with van der Waals surface area (Å²) in [5, 5.41) is 3.00. The smallest absolute Gasteiger partial charge is 0.317 e. The molecule has 4 heteroatoms. The SMILES string of the molecule is CCCCNC(=O)N1CCN(c2c(C)cccc2C)CC1. The molecule has 0 atom stereocenters. The number of hydrogen-bond acceptors (Lipinski definition) is 2. The Morgan fingerprint density at radius 1 is 1.14 bits per heavy atom. The molecule has 1 fully saturated rings. The summed E-state index contributed by atoms with van der Waals surface area (Å²) in [6, 6.07) is 6.51. The van der Waals surface area contributed by atoms with Crippen LogP contribution in [0, 0.1) is 13.8 Å². The van der Waals surface area contributed by atoms with Gasteiger partial charge in [0.1, 0.15) is 0 Å². The van der Waals surface area contributed by atoms with Crippen molar-refractivity contribution in [2.45, 2.75) is 33.6 Å². The Bertz CT molecular complexity index is 459. The summed E-state index contributed by atoms with van der Waals surface area (Å²) in [7, 11) is 0. The summed E-state index contributed by atoms with van der Waals surface area (Å²) in [6.45, 7) is 10.7. The first-order valence-corrected chi connectivity index (χ1v) is 7.97. The molecule has 1 N–H and O–H groups in total. The number of benzene rings is 1. The van der Waals surface area contributed by atoms with Crippen LogP contribution in [0.15, 0.2) is 18.2 Å². The molecule has 0 unspecified atom stereocenters. The first-order chi connectivity index (χ1) is 10.1. The Morgan fingerprint density at radius 2 is 1.76 bits per heavy atom. The fourth-order valence-electron chi connectivity index (χ4n) is 2.92. The van der Waals surface area contributed by atoms with E-state index >= 15 is 0 Å². The van der Waals surface area contributed by atoms with Crippen LogP contribution in [0.1, 0.15) is 30.9 Å². The molecule has 0 aliphatic carbocycles. The number of nitrogens with zero attached hydrogens (tertiary/aromatic N) is 2. The van der Waals surface area contributed by atoms with Gasteiger partial charge in [0.25, 0.3) is 0 Å². The van der Waals surface area contributed by atoms with E-state index in [-0.39, 0.29) is 6.03 Å². The van der Waals surface area contributed by atoms with E-state index in [0.717, 1.165) is 45.6 Å². The molecule has 0 radical (unpaired) electrons. The molecule has 1 aliphatic heterocycles. The standard InChI is InChI=1S/C17H27N3O/c1-4-5-9-18-17(21)20-12-10-19(11-13-20)16-14(2)7-6-8-15(16)3/h6-8H,4-5,9-13H2,1-3H3,(H,18,21). The van der Waals surface area contributed by atoms with Crippen molar-refractivity contribution in [3.63, 3.8) is 0 Å². The van der Waals surface area contributed by atoms with E-state index in [1.165, 1.54) is 16.8 Å². The van der Waals surface area contributed by atoms with Crippen molar-refractivity contribution < 1.29 is 4.79 Å². The van der Waals surface area contributed by atoms with Crippen molar-refractivity contribution in [1.29, 1.82) is 0 Å². The highest BCUT2D eigenvalue weighted by atomic mass is 16.2. The van der Waals surface area contributed by atoms with Crippen LogP contribution in [0.2, 0.25) is 0 Å². The number of rotatable bonds is 4. The maximum atomic E-state index is 12.0. The van der Waals surface area contributed by atoms with Crippen molar-refractivity contribution >= 4 is 11.7 Å². The monoisotopic (exact) mass is 289 g/mol. The number of urea groups is 1. The molecule has 1 aromatic rings. The summed E-state index contributed by atoms with van der Waals surface area (Å²) in [5.74, 6) is 0. The van der Waals surface area contributed by atoms with Gasteiger partial charge in [-0.3, -0.25) is 0 Å². The minimum atomic E-state index is 0.0876. The van der Waals surface area contributed by atoms with Crippen LogP contribution in [0.5, 0.6) is 0 Å². The topological polar surface area (TPSA) is 35.6 Å². The number of para-hydroxylation sites is 1. The number of piperazine rings is 1. The predicted molar refractivity (Wildman–Crippen MR) is 88.0 cm³/mol. The second kappa shape index (κ2) is 7.34. The number of amides is 2. The van der Waals surface area contributed by atoms with Gasteiger partial charge in [0, 0.05) is 38.4 Å². The molecule has 1 saturated heterocycles. The van der Waals surface area contributed by atoms with Crippen molar-refractivity contribution in [1.82, 2.24) is 10.2 Å². The van der Waals surface area contributed by atoms with E-state index in [2.05, 4.69) is 49.2 Å². The Balaban J connectivity index is 1.90. The van der Waals surface area contributed by atoms with Crippen molar-refractivity contribution in [3.8, 4) is 0 Å². The van der Waals surface area contributed by atoms with Crippen LogP contribution >= 0.6 is 0 Å². The number of anilines is 1. The average Bonchev–Trinajstić information content (AvgIpc) is 2.48. The molecule has 0 bridgehead atoms. The van der Waals surface area contributed by atoms with Gasteiger partial charge in [0.15, 0.2) is 0 Å². The lowest BCUT2D eigenvalue weighted by Gasteiger charge is -2.37. The fourth-order valence-corrected chi connectivity index (χ4v) is 2.92. The van der Waals surface area contributed by atoms with Gasteiger partial charge in [0.05, 0.1) is 0 Å². The molecule has 0 spiro atoms. The molecule has 0 aromatic heterocycles. The van der Waals surface area contributed by atoms with E-state index in [4.69, 9.17) is 0 Å². The van der Waals surface area contributed by atoms with Crippen molar-refractivity contribution in [3.05, 3.63) is 29.3 Å². The molecular weight excluding hydrogens is 262 g/mol. The quantitative estimate of drug-likeness (QED) is 0.865. The van der Waals surface area contributed by atoms with Crippen LogP contribution in [0.4, 0.5) is 10.5 Å². The third-order valence-corrected chi connectivity index (χ3v) is 4.13. The van der Waals surface area contributed by atoms with Gasteiger partial charge in [-0.15, -0.1) is 0 Å². The van der Waals surface area contributed by atoms with E-state index < -0.39 is 0 Å². The zero-order valence-electron chi connectivity index (χ0n) is 13.5. The molecule has 2 rings (SSSR count). The third-order valence-electron chi connectivity index (χ3n) is 4.13. The van der Waals surface area contributed by atoms with E-state index in [0.29, 0.717) is 0 Å². The van der Waals surface area contributed by atoms with Gasteiger partial charge in [-0.05, 0) is 31.4 Å². The Labute approximate surface area is 128 Å². The summed E-state index contributed by atoms with van der Waals surface area (Å²) in [6.07, 6.45) is 2.16. The maximum Gasteiger partial charge on any atom is 0.317 e. The van der Waals surface area contributed by atoms with Crippen LogP contribution < -0.4 is 10.2 Å². The highest BCUT2D eigenvalue weighted by Crippen LogP contribution is 2.25. The van der Waals surface area contributed by atoms with Gasteiger partial charge < -0.3 is 15.1 Å². The summed E-state index contributed by atoms with van der Waals surface area (Å²) < 4.78 is 0. The molecule has 21 heavy (non-hydrogen) atoms. The average molecular weight is 289 g/mol. The second-order valence-corrected chi connectivity index (χ2v) is 5.80. The first-order valence-electron chi connectivity index (χ1n) is 7.97.